The fourth-order valence-electron chi connectivity index (χ4n) is 2.07. The summed E-state index contributed by atoms with van der Waals surface area (Å²) in [5.74, 6) is -0.596. The normalized spacial score (nSPS) is 13.2. The molecule has 0 radical (unpaired) electrons. The van der Waals surface area contributed by atoms with Crippen molar-refractivity contribution >= 4 is 11.8 Å². The molecule has 0 unspecified atom stereocenters. The van der Waals surface area contributed by atoms with Crippen LogP contribution in [0.15, 0.2) is 25.0 Å². The summed E-state index contributed by atoms with van der Waals surface area (Å²) < 4.78 is 0. The van der Waals surface area contributed by atoms with Crippen molar-refractivity contribution in [2.24, 2.45) is 11.5 Å². The molecule has 0 saturated heterocycles. The molecule has 2 aromatic heterocycles. The molecule has 0 saturated carbocycles. The van der Waals surface area contributed by atoms with Crippen LogP contribution >= 0.6 is 0 Å². The summed E-state index contributed by atoms with van der Waals surface area (Å²) >= 11 is 0. The highest BCUT2D eigenvalue weighted by atomic mass is 16.2. The Kier molecular flexibility index (Phi) is 6.46. The van der Waals surface area contributed by atoms with Gasteiger partial charge in [0.1, 0.15) is 0 Å². The van der Waals surface area contributed by atoms with E-state index in [0.29, 0.717) is 12.8 Å². The standard InChI is InChI=1S/C14H22N8O2/c15-11(3-9-5-17-7-21-9)13(23)19-1-2-20-14(24)12(16)4-10-6-18-8-22-10/h5-8,11-12H,1-4,15-16H2,(H,17,21)(H,18,22)(H,19,23)(H,20,24)/t11-,12-/m0/s1. The van der Waals surface area contributed by atoms with Crippen molar-refractivity contribution in [3.05, 3.63) is 36.4 Å². The zero-order valence-corrected chi connectivity index (χ0v) is 13.2. The van der Waals surface area contributed by atoms with Crippen molar-refractivity contribution in [1.29, 1.82) is 0 Å². The number of imidazole rings is 2. The third-order valence-electron chi connectivity index (χ3n) is 3.36. The van der Waals surface area contributed by atoms with E-state index in [4.69, 9.17) is 11.5 Å². The van der Waals surface area contributed by atoms with E-state index in [9.17, 15) is 9.59 Å². The molecule has 2 heterocycles. The molecular weight excluding hydrogens is 312 g/mol. The van der Waals surface area contributed by atoms with Crippen molar-refractivity contribution in [3.63, 3.8) is 0 Å². The number of carbonyl (C=O) groups excluding carboxylic acids is 2. The maximum atomic E-state index is 11.8. The number of carbonyl (C=O) groups is 2. The lowest BCUT2D eigenvalue weighted by Crippen LogP contribution is -2.47. The predicted octanol–water partition coefficient (Wildman–Crippen LogP) is -2.19. The average molecular weight is 334 g/mol. The number of nitrogens with one attached hydrogen (secondary N) is 4. The van der Waals surface area contributed by atoms with Gasteiger partial charge in [-0.15, -0.1) is 0 Å². The average Bonchev–Trinajstić information content (AvgIpc) is 3.24. The van der Waals surface area contributed by atoms with Crippen molar-refractivity contribution in [1.82, 2.24) is 30.6 Å². The molecule has 0 aliphatic carbocycles. The summed E-state index contributed by atoms with van der Waals surface area (Å²) in [6.45, 7) is 0.544. The van der Waals surface area contributed by atoms with E-state index in [1.807, 2.05) is 0 Å². The SMILES string of the molecule is N[C@@H](Cc1c[nH]cn1)C(=O)NCCNC(=O)[C@@H](N)Cc1c[nH]cn1. The van der Waals surface area contributed by atoms with Crippen LogP contribution in [0.3, 0.4) is 0 Å². The van der Waals surface area contributed by atoms with Crippen LogP contribution in [0, 0.1) is 0 Å². The summed E-state index contributed by atoms with van der Waals surface area (Å²) in [5, 5.41) is 5.32. The van der Waals surface area contributed by atoms with Crippen LogP contribution in [0.25, 0.3) is 0 Å². The number of hydrogen-bond donors (Lipinski definition) is 6. The van der Waals surface area contributed by atoms with Gasteiger partial charge in [0.15, 0.2) is 0 Å². The highest BCUT2D eigenvalue weighted by molar-refractivity contribution is 5.82. The first kappa shape index (κ1) is 17.6. The predicted molar refractivity (Wildman–Crippen MR) is 86.6 cm³/mol. The summed E-state index contributed by atoms with van der Waals surface area (Å²) in [4.78, 5) is 37.3. The molecule has 10 nitrogen and oxygen atoms in total. The molecule has 24 heavy (non-hydrogen) atoms. The second-order valence-corrected chi connectivity index (χ2v) is 5.32. The lowest BCUT2D eigenvalue weighted by atomic mass is 10.1. The molecule has 10 heteroatoms. The largest absolute Gasteiger partial charge is 0.353 e. The minimum Gasteiger partial charge on any atom is -0.353 e. The third-order valence-corrected chi connectivity index (χ3v) is 3.36. The second-order valence-electron chi connectivity index (χ2n) is 5.32. The second kappa shape index (κ2) is 8.79. The van der Waals surface area contributed by atoms with E-state index in [1.54, 1.807) is 12.4 Å². The fourth-order valence-corrected chi connectivity index (χ4v) is 2.07. The topological polar surface area (TPSA) is 168 Å². The van der Waals surface area contributed by atoms with Crippen molar-refractivity contribution in [2.75, 3.05) is 13.1 Å². The molecule has 2 atom stereocenters. The molecule has 0 spiro atoms. The van der Waals surface area contributed by atoms with E-state index >= 15 is 0 Å². The summed E-state index contributed by atoms with van der Waals surface area (Å²) in [6, 6.07) is -1.38. The van der Waals surface area contributed by atoms with Gasteiger partial charge in [-0.25, -0.2) is 9.97 Å². The molecule has 2 amide bonds. The van der Waals surface area contributed by atoms with Gasteiger partial charge >= 0.3 is 0 Å². The van der Waals surface area contributed by atoms with E-state index in [2.05, 4.69) is 30.6 Å². The number of nitrogens with zero attached hydrogens (tertiary/aromatic N) is 2. The smallest absolute Gasteiger partial charge is 0.237 e. The highest BCUT2D eigenvalue weighted by Crippen LogP contribution is 1.97. The lowest BCUT2D eigenvalue weighted by molar-refractivity contribution is -0.124. The van der Waals surface area contributed by atoms with Gasteiger partial charge in [-0.3, -0.25) is 9.59 Å². The van der Waals surface area contributed by atoms with Crippen molar-refractivity contribution in [2.45, 2.75) is 24.9 Å². The van der Waals surface area contributed by atoms with E-state index in [-0.39, 0.29) is 24.9 Å². The zero-order chi connectivity index (χ0) is 17.4. The van der Waals surface area contributed by atoms with Crippen molar-refractivity contribution in [3.8, 4) is 0 Å². The number of rotatable bonds is 9. The maximum absolute atomic E-state index is 11.8. The number of nitrogens with two attached hydrogens (primary N) is 2. The minimum absolute atomic E-state index is 0.272. The van der Waals surface area contributed by atoms with Gasteiger partial charge in [-0.1, -0.05) is 0 Å². The third kappa shape index (κ3) is 5.48. The highest BCUT2D eigenvalue weighted by Gasteiger charge is 2.16. The van der Waals surface area contributed by atoms with Gasteiger partial charge in [-0.2, -0.15) is 0 Å². The first-order valence-corrected chi connectivity index (χ1v) is 7.58. The molecule has 0 bridgehead atoms. The quantitative estimate of drug-likeness (QED) is 0.285. The van der Waals surface area contributed by atoms with Crippen LogP contribution in [0.2, 0.25) is 0 Å². The molecular formula is C14H22N8O2. The Morgan fingerprint density at radius 2 is 1.33 bits per heavy atom. The number of amides is 2. The molecule has 0 fully saturated rings. The maximum Gasteiger partial charge on any atom is 0.237 e. The summed E-state index contributed by atoms with van der Waals surface area (Å²) in [7, 11) is 0. The Hall–Kier alpha value is -2.72. The number of aromatic nitrogens is 4. The first-order chi connectivity index (χ1) is 11.6. The van der Waals surface area contributed by atoms with Crippen LogP contribution in [0.5, 0.6) is 0 Å². The molecule has 2 rings (SSSR count). The monoisotopic (exact) mass is 334 g/mol. The lowest BCUT2D eigenvalue weighted by Gasteiger charge is -2.13. The molecule has 0 aliphatic heterocycles. The Balaban J connectivity index is 1.61. The minimum atomic E-state index is -0.689. The van der Waals surface area contributed by atoms with E-state index in [1.165, 1.54) is 12.7 Å². The van der Waals surface area contributed by atoms with Crippen LogP contribution in [-0.4, -0.2) is 56.9 Å². The number of hydrogen-bond acceptors (Lipinski definition) is 6. The molecule has 0 aliphatic rings. The number of aromatic amines is 2. The van der Waals surface area contributed by atoms with Crippen LogP contribution in [-0.2, 0) is 22.4 Å². The van der Waals surface area contributed by atoms with Gasteiger partial charge in [0.2, 0.25) is 11.8 Å². The number of H-pyrrole nitrogens is 2. The first-order valence-electron chi connectivity index (χ1n) is 7.58. The van der Waals surface area contributed by atoms with E-state index < -0.39 is 12.1 Å². The van der Waals surface area contributed by atoms with Crippen LogP contribution < -0.4 is 22.1 Å². The van der Waals surface area contributed by atoms with Gasteiger partial charge in [0, 0.05) is 38.3 Å². The molecule has 2 aromatic rings. The zero-order valence-electron chi connectivity index (χ0n) is 13.2. The summed E-state index contributed by atoms with van der Waals surface area (Å²) in [5.41, 5.74) is 13.0. The Bertz CT molecular complexity index is 569. The molecule has 0 aromatic carbocycles. The van der Waals surface area contributed by atoms with Crippen LogP contribution in [0.4, 0.5) is 0 Å². The summed E-state index contributed by atoms with van der Waals surface area (Å²) in [6.07, 6.45) is 7.12. The van der Waals surface area contributed by atoms with Gasteiger partial charge in [-0.05, 0) is 0 Å². The van der Waals surface area contributed by atoms with Gasteiger partial charge in [0.25, 0.3) is 0 Å². The Morgan fingerprint density at radius 3 is 1.67 bits per heavy atom. The fraction of sp³-hybridized carbons (Fsp3) is 0.429. The Labute approximate surface area is 138 Å². The van der Waals surface area contributed by atoms with Crippen molar-refractivity contribution < 1.29 is 9.59 Å². The Morgan fingerprint density at radius 1 is 0.917 bits per heavy atom. The van der Waals surface area contributed by atoms with Gasteiger partial charge in [0.05, 0.1) is 36.1 Å². The van der Waals surface area contributed by atoms with Gasteiger partial charge < -0.3 is 32.1 Å². The van der Waals surface area contributed by atoms with Crippen LogP contribution in [0.1, 0.15) is 11.4 Å². The van der Waals surface area contributed by atoms with E-state index in [0.717, 1.165) is 11.4 Å². The molecule has 8 N–H and O–H groups in total. The molecule has 130 valence electrons.